The van der Waals surface area contributed by atoms with Crippen molar-refractivity contribution in [3.63, 3.8) is 0 Å². The first kappa shape index (κ1) is 19.9. The van der Waals surface area contributed by atoms with Crippen LogP contribution in [0.15, 0.2) is 12.1 Å². The van der Waals surface area contributed by atoms with E-state index in [-0.39, 0.29) is 6.41 Å². The summed E-state index contributed by atoms with van der Waals surface area (Å²) < 4.78 is 78.2. The first-order valence-corrected chi connectivity index (χ1v) is 7.04. The van der Waals surface area contributed by atoms with Crippen molar-refractivity contribution >= 4 is 35.4 Å². The van der Waals surface area contributed by atoms with E-state index >= 15 is 0 Å². The minimum Gasteiger partial charge on any atom is -0.313 e. The highest BCUT2D eigenvalue weighted by molar-refractivity contribution is 6.38. The molecule has 1 aromatic heterocycles. The summed E-state index contributed by atoms with van der Waals surface area (Å²) in [6.45, 7) is 0. The number of anilines is 1. The Bertz CT molecular complexity index is 890. The van der Waals surface area contributed by atoms with Gasteiger partial charge in [0.05, 0.1) is 15.6 Å². The van der Waals surface area contributed by atoms with E-state index in [2.05, 4.69) is 5.10 Å². The summed E-state index contributed by atoms with van der Waals surface area (Å²) in [6.07, 6.45) is -10.0. The molecule has 13 heteroatoms. The molecule has 0 unspecified atom stereocenters. The normalized spacial score (nSPS) is 12.0. The van der Waals surface area contributed by atoms with Gasteiger partial charge in [0.1, 0.15) is 23.1 Å². The van der Waals surface area contributed by atoms with Crippen molar-refractivity contribution < 1.29 is 31.1 Å². The molecule has 0 radical (unpaired) electrons. The zero-order valence-corrected chi connectivity index (χ0v) is 13.5. The van der Waals surface area contributed by atoms with Gasteiger partial charge in [0.2, 0.25) is 6.41 Å². The maximum Gasteiger partial charge on any atom is 0.422 e. The van der Waals surface area contributed by atoms with Crippen LogP contribution in [0.1, 0.15) is 16.8 Å². The highest BCUT2D eigenvalue weighted by Gasteiger charge is 2.41. The molecule has 0 saturated carbocycles. The van der Waals surface area contributed by atoms with Crippen LogP contribution in [0.25, 0.3) is 5.69 Å². The molecule has 1 aromatic carbocycles. The molecule has 0 bridgehead atoms. The van der Waals surface area contributed by atoms with Crippen molar-refractivity contribution in [3.05, 3.63) is 39.0 Å². The van der Waals surface area contributed by atoms with Crippen LogP contribution in [0.4, 0.5) is 32.2 Å². The Morgan fingerprint density at radius 3 is 2.04 bits per heavy atom. The maximum absolute atomic E-state index is 13.2. The van der Waals surface area contributed by atoms with Gasteiger partial charge in [-0.3, -0.25) is 4.79 Å². The number of rotatable bonds is 3. The number of nitriles is 1. The third kappa shape index (κ3) is 3.56. The molecule has 0 fully saturated rings. The number of hydrogen-bond donors (Lipinski definition) is 1. The summed E-state index contributed by atoms with van der Waals surface area (Å²) in [5.41, 5.74) is -4.55. The average Bonchev–Trinajstić information content (AvgIpc) is 2.84. The fourth-order valence-corrected chi connectivity index (χ4v) is 2.69. The molecule has 0 aliphatic carbocycles. The van der Waals surface area contributed by atoms with Crippen LogP contribution >= 0.6 is 23.2 Å². The quantitative estimate of drug-likeness (QED) is 0.584. The lowest BCUT2D eigenvalue weighted by molar-refractivity contribution is -0.138. The van der Waals surface area contributed by atoms with E-state index in [1.165, 1.54) is 6.07 Å². The Morgan fingerprint density at radius 1 is 1.12 bits per heavy atom. The fraction of sp³-hybridized carbons (Fsp3) is 0.154. The molecule has 0 spiro atoms. The van der Waals surface area contributed by atoms with E-state index in [0.29, 0.717) is 16.8 Å². The number of aromatic nitrogens is 2. The van der Waals surface area contributed by atoms with Gasteiger partial charge in [0.15, 0.2) is 5.69 Å². The van der Waals surface area contributed by atoms with Crippen molar-refractivity contribution in [2.75, 3.05) is 5.32 Å². The highest BCUT2D eigenvalue weighted by Crippen LogP contribution is 2.42. The molecule has 0 saturated heterocycles. The molecule has 26 heavy (non-hydrogen) atoms. The number of nitrogens with zero attached hydrogens (tertiary/aromatic N) is 3. The third-order valence-corrected chi connectivity index (χ3v) is 3.60. The van der Waals surface area contributed by atoms with Crippen molar-refractivity contribution in [2.24, 2.45) is 0 Å². The number of nitrogens with one attached hydrogen (secondary N) is 1. The van der Waals surface area contributed by atoms with Gasteiger partial charge >= 0.3 is 12.4 Å². The van der Waals surface area contributed by atoms with E-state index < -0.39 is 50.7 Å². The van der Waals surface area contributed by atoms with Gasteiger partial charge in [-0.15, -0.1) is 0 Å². The number of halogens is 8. The van der Waals surface area contributed by atoms with Gasteiger partial charge in [0.25, 0.3) is 0 Å². The van der Waals surface area contributed by atoms with Crippen molar-refractivity contribution in [3.8, 4) is 11.8 Å². The van der Waals surface area contributed by atoms with E-state index in [4.69, 9.17) is 28.5 Å². The van der Waals surface area contributed by atoms with Gasteiger partial charge in [-0.05, 0) is 12.1 Å². The molecule has 2 aromatic rings. The molecular formula is C13H4Cl2F6N4O. The first-order chi connectivity index (χ1) is 11.9. The van der Waals surface area contributed by atoms with Crippen LogP contribution in [0, 0.1) is 11.3 Å². The van der Waals surface area contributed by atoms with Crippen LogP contribution in [0.2, 0.25) is 10.0 Å². The number of carbonyl (C=O) groups excluding carboxylic acids is 1. The largest absolute Gasteiger partial charge is 0.422 e. The Kier molecular flexibility index (Phi) is 5.12. The topological polar surface area (TPSA) is 70.7 Å². The molecule has 138 valence electrons. The highest BCUT2D eigenvalue weighted by atomic mass is 35.5. The zero-order valence-electron chi connectivity index (χ0n) is 12.0. The fourth-order valence-electron chi connectivity index (χ4n) is 2.05. The lowest BCUT2D eigenvalue weighted by atomic mass is 10.2. The minimum atomic E-state index is -5.10. The number of carbonyl (C=O) groups is 1. The molecule has 0 atom stereocenters. The van der Waals surface area contributed by atoms with Crippen molar-refractivity contribution in [1.82, 2.24) is 9.78 Å². The first-order valence-electron chi connectivity index (χ1n) is 6.29. The monoisotopic (exact) mass is 416 g/mol. The summed E-state index contributed by atoms with van der Waals surface area (Å²) in [6, 6.07) is 2.04. The van der Waals surface area contributed by atoms with Crippen LogP contribution in [-0.2, 0) is 17.1 Å². The number of benzene rings is 1. The SMILES string of the molecule is N#Cc1nn(-c2c(Cl)cc(C(F)(F)F)cc2Cl)c(NC=O)c1C(F)(F)F. The number of alkyl halides is 6. The van der Waals surface area contributed by atoms with Crippen LogP contribution in [0.3, 0.4) is 0 Å². The molecule has 2 rings (SSSR count). The van der Waals surface area contributed by atoms with Crippen LogP contribution in [0.5, 0.6) is 0 Å². The third-order valence-electron chi connectivity index (χ3n) is 3.03. The zero-order chi connectivity index (χ0) is 19.9. The standard InChI is InChI=1S/C13H4Cl2F6N4O/c14-6-1-5(12(16,17)18)2-7(15)10(6)25-11(23-4-26)9(13(19,20)21)8(3-22)24-25/h1-2,4H,(H,23,26). The second-order valence-corrected chi connectivity index (χ2v) is 5.46. The molecule has 1 amide bonds. The van der Waals surface area contributed by atoms with E-state index in [0.717, 1.165) is 0 Å². The Hall–Kier alpha value is -2.45. The summed E-state index contributed by atoms with van der Waals surface area (Å²) in [4.78, 5) is 10.7. The van der Waals surface area contributed by atoms with E-state index in [1.54, 1.807) is 5.32 Å². The molecule has 1 heterocycles. The van der Waals surface area contributed by atoms with E-state index in [1.807, 2.05) is 0 Å². The van der Waals surface area contributed by atoms with Crippen molar-refractivity contribution in [2.45, 2.75) is 12.4 Å². The lowest BCUT2D eigenvalue weighted by Crippen LogP contribution is -2.13. The van der Waals surface area contributed by atoms with Crippen molar-refractivity contribution in [1.29, 1.82) is 5.26 Å². The van der Waals surface area contributed by atoms with Gasteiger partial charge in [-0.2, -0.15) is 36.7 Å². The Morgan fingerprint density at radius 2 is 1.65 bits per heavy atom. The van der Waals surface area contributed by atoms with E-state index in [9.17, 15) is 31.1 Å². The van der Waals surface area contributed by atoms with Gasteiger partial charge in [-0.1, -0.05) is 23.2 Å². The molecule has 0 aliphatic heterocycles. The predicted octanol–water partition coefficient (Wildman–Crippen LogP) is 4.66. The minimum absolute atomic E-state index is 0.129. The number of amides is 1. The second-order valence-electron chi connectivity index (χ2n) is 4.64. The van der Waals surface area contributed by atoms with Gasteiger partial charge in [0, 0.05) is 0 Å². The molecule has 0 aliphatic rings. The summed E-state index contributed by atoms with van der Waals surface area (Å²) >= 11 is 11.5. The number of hydrogen-bond acceptors (Lipinski definition) is 3. The Balaban J connectivity index is 2.84. The molecule has 1 N–H and O–H groups in total. The summed E-state index contributed by atoms with van der Waals surface area (Å²) in [7, 11) is 0. The smallest absolute Gasteiger partial charge is 0.313 e. The molecular weight excluding hydrogens is 413 g/mol. The van der Waals surface area contributed by atoms with Gasteiger partial charge < -0.3 is 5.32 Å². The van der Waals surface area contributed by atoms with Crippen LogP contribution in [-0.4, -0.2) is 16.2 Å². The predicted molar refractivity (Wildman–Crippen MR) is 78.0 cm³/mol. The second kappa shape index (κ2) is 6.69. The lowest BCUT2D eigenvalue weighted by Gasteiger charge is -2.14. The van der Waals surface area contributed by atoms with Gasteiger partial charge in [-0.25, -0.2) is 4.68 Å². The maximum atomic E-state index is 13.2. The average molecular weight is 417 g/mol. The summed E-state index contributed by atoms with van der Waals surface area (Å²) in [5, 5.41) is 12.6. The molecule has 5 nitrogen and oxygen atoms in total. The van der Waals surface area contributed by atoms with Crippen LogP contribution < -0.4 is 5.32 Å². The summed E-state index contributed by atoms with van der Waals surface area (Å²) in [5.74, 6) is -1.02. The Labute approximate surface area is 150 Å².